The zero-order valence-electron chi connectivity index (χ0n) is 23.4. The van der Waals surface area contributed by atoms with Crippen molar-refractivity contribution in [1.29, 1.82) is 0 Å². The number of carbonyl (C=O) groups is 3. The Labute approximate surface area is 238 Å². The van der Waals surface area contributed by atoms with Crippen molar-refractivity contribution >= 4 is 18.1 Å². The summed E-state index contributed by atoms with van der Waals surface area (Å²) < 4.78 is 22.1. The van der Waals surface area contributed by atoms with Crippen LogP contribution in [0.5, 0.6) is 17.2 Å². The molecule has 0 saturated carbocycles. The number of amides is 2. The van der Waals surface area contributed by atoms with Crippen LogP contribution in [0.2, 0.25) is 0 Å². The molecule has 2 aromatic carbocycles. The Morgan fingerprint density at radius 2 is 1.95 bits per heavy atom. The van der Waals surface area contributed by atoms with E-state index in [1.165, 1.54) is 20.3 Å². The number of aliphatic hydroxyl groups is 2. The molecule has 0 fully saturated rings. The molecule has 4 atom stereocenters. The highest BCUT2D eigenvalue weighted by atomic mass is 16.5. The van der Waals surface area contributed by atoms with Gasteiger partial charge in [-0.25, -0.2) is 0 Å². The van der Waals surface area contributed by atoms with Gasteiger partial charge in [-0.3, -0.25) is 14.4 Å². The number of aldehydes is 1. The number of ether oxygens (including phenoxy) is 4. The second-order valence-corrected chi connectivity index (χ2v) is 9.83. The lowest BCUT2D eigenvalue weighted by Gasteiger charge is -2.40. The van der Waals surface area contributed by atoms with Crippen molar-refractivity contribution in [3.05, 3.63) is 64.7 Å². The number of aliphatic hydroxyl groups excluding tert-OH is 2. The number of carbonyl (C=O) groups excluding carboxylic acids is 3. The molecule has 2 aliphatic rings. The molecule has 0 radical (unpaired) electrons. The van der Waals surface area contributed by atoms with Crippen molar-refractivity contribution in [3.63, 3.8) is 0 Å². The van der Waals surface area contributed by atoms with E-state index in [1.807, 2.05) is 24.3 Å². The molecule has 0 unspecified atom stereocenters. The Morgan fingerprint density at radius 1 is 1.15 bits per heavy atom. The molecule has 2 aromatic rings. The smallest absolute Gasteiger partial charge is 0.247 e. The lowest BCUT2D eigenvalue weighted by atomic mass is 9.77. The average molecular weight is 569 g/mol. The van der Waals surface area contributed by atoms with Gasteiger partial charge in [0.1, 0.15) is 24.2 Å². The molecule has 11 nitrogen and oxygen atoms in total. The van der Waals surface area contributed by atoms with Crippen molar-refractivity contribution in [1.82, 2.24) is 10.2 Å². The molecule has 220 valence electrons. The van der Waals surface area contributed by atoms with Crippen LogP contribution in [0, 0.1) is 0 Å². The van der Waals surface area contributed by atoms with Crippen LogP contribution >= 0.6 is 0 Å². The van der Waals surface area contributed by atoms with Crippen molar-refractivity contribution in [2.75, 3.05) is 47.6 Å². The van der Waals surface area contributed by atoms with Crippen LogP contribution in [0.4, 0.5) is 0 Å². The summed E-state index contributed by atoms with van der Waals surface area (Å²) >= 11 is 0. The molecule has 1 heterocycles. The summed E-state index contributed by atoms with van der Waals surface area (Å²) in [4.78, 5) is 40.1. The Kier molecular flexibility index (Phi) is 9.98. The lowest BCUT2D eigenvalue weighted by molar-refractivity contribution is -0.138. The molecule has 11 heteroatoms. The van der Waals surface area contributed by atoms with Crippen LogP contribution in [0.3, 0.4) is 0 Å². The fraction of sp³-hybridized carbons (Fsp3) is 0.433. The van der Waals surface area contributed by atoms with E-state index in [2.05, 4.69) is 5.32 Å². The second-order valence-electron chi connectivity index (χ2n) is 9.83. The zero-order chi connectivity index (χ0) is 29.5. The number of nitrogens with zero attached hydrogens (tertiary/aromatic N) is 1. The lowest BCUT2D eigenvalue weighted by Crippen LogP contribution is -2.56. The van der Waals surface area contributed by atoms with Crippen molar-refractivity contribution in [2.45, 2.75) is 37.0 Å². The first-order valence-corrected chi connectivity index (χ1v) is 13.4. The number of rotatable bonds is 13. The fourth-order valence-electron chi connectivity index (χ4n) is 5.41. The van der Waals surface area contributed by atoms with Gasteiger partial charge in [0, 0.05) is 36.9 Å². The Morgan fingerprint density at radius 3 is 2.63 bits per heavy atom. The van der Waals surface area contributed by atoms with Crippen LogP contribution in [-0.2, 0) is 20.7 Å². The van der Waals surface area contributed by atoms with Crippen molar-refractivity contribution in [2.24, 2.45) is 0 Å². The van der Waals surface area contributed by atoms with E-state index in [9.17, 15) is 24.6 Å². The van der Waals surface area contributed by atoms with E-state index < -0.39 is 30.1 Å². The zero-order valence-corrected chi connectivity index (χ0v) is 23.4. The Hall–Kier alpha value is -3.93. The number of hydrogen-bond acceptors (Lipinski definition) is 9. The standard InChI is InChI=1S/C30H36N2O9/c1-38-12-8-25(35)32(10-7-18-5-4-6-20(13-18)39-2)23-16-22(30(37)31-9-11-33)26-21-14-19(17-34)15-24(40-3)28(21)41-29(26)27(23)36/h4-6,13-17,23,26-27,29,33,36H,7-12H2,1-3H3,(H,31,37)/t23-,26+,27+,29+/m1/s1. The minimum Gasteiger partial charge on any atom is -0.497 e. The Bertz CT molecular complexity index is 1290. The SMILES string of the molecule is COCCC(=O)N(CCc1cccc(OC)c1)[C@@H]1C=C(C(=O)NCCO)[C@@H]2c3cc(C=O)cc(OC)c3O[C@@H]2[C@H]1O. The predicted molar refractivity (Wildman–Crippen MR) is 148 cm³/mol. The summed E-state index contributed by atoms with van der Waals surface area (Å²) in [7, 11) is 4.52. The van der Waals surface area contributed by atoms with E-state index in [-0.39, 0.29) is 44.2 Å². The molecule has 2 amide bonds. The quantitative estimate of drug-likeness (QED) is 0.304. The summed E-state index contributed by atoms with van der Waals surface area (Å²) in [6.45, 7) is 0.170. The highest BCUT2D eigenvalue weighted by Crippen LogP contribution is 2.51. The molecule has 4 rings (SSSR count). The summed E-state index contributed by atoms with van der Waals surface area (Å²) in [5, 5.41) is 23.7. The highest BCUT2D eigenvalue weighted by Gasteiger charge is 2.51. The van der Waals surface area contributed by atoms with Gasteiger partial charge in [0.05, 0.1) is 45.8 Å². The van der Waals surface area contributed by atoms with Crippen LogP contribution < -0.4 is 19.5 Å². The summed E-state index contributed by atoms with van der Waals surface area (Å²) in [6.07, 6.45) is 0.632. The number of benzene rings is 2. The molecule has 1 aliphatic heterocycles. The maximum Gasteiger partial charge on any atom is 0.247 e. The summed E-state index contributed by atoms with van der Waals surface area (Å²) in [5.74, 6) is -0.178. The normalized spacial score (nSPS) is 20.7. The van der Waals surface area contributed by atoms with Crippen molar-refractivity contribution in [3.8, 4) is 17.2 Å². The first kappa shape index (κ1) is 30.0. The average Bonchev–Trinajstić information content (AvgIpc) is 3.39. The molecule has 0 spiro atoms. The van der Waals surface area contributed by atoms with Gasteiger partial charge < -0.3 is 39.4 Å². The minimum atomic E-state index is -1.22. The maximum absolute atomic E-state index is 13.5. The largest absolute Gasteiger partial charge is 0.497 e. The van der Waals surface area contributed by atoms with Crippen molar-refractivity contribution < 1.29 is 43.5 Å². The summed E-state index contributed by atoms with van der Waals surface area (Å²) in [5.41, 5.74) is 2.03. The van der Waals surface area contributed by atoms with Crippen LogP contribution in [0.25, 0.3) is 0 Å². The second kappa shape index (κ2) is 13.6. The minimum absolute atomic E-state index is 0.0124. The Balaban J connectivity index is 1.75. The fourth-order valence-corrected chi connectivity index (χ4v) is 5.41. The first-order valence-electron chi connectivity index (χ1n) is 13.4. The number of methoxy groups -OCH3 is 3. The molecular formula is C30H36N2O9. The van der Waals surface area contributed by atoms with E-state index >= 15 is 0 Å². The van der Waals surface area contributed by atoms with Crippen LogP contribution in [0.15, 0.2) is 48.0 Å². The van der Waals surface area contributed by atoms with Gasteiger partial charge in [-0.15, -0.1) is 0 Å². The predicted octanol–water partition coefficient (Wildman–Crippen LogP) is 1.25. The molecule has 0 aromatic heterocycles. The highest BCUT2D eigenvalue weighted by molar-refractivity contribution is 5.96. The van der Waals surface area contributed by atoms with Gasteiger partial charge in [0.25, 0.3) is 0 Å². The van der Waals surface area contributed by atoms with E-state index in [4.69, 9.17) is 18.9 Å². The summed E-state index contributed by atoms with van der Waals surface area (Å²) in [6, 6.07) is 9.71. The van der Waals surface area contributed by atoms with Gasteiger partial charge in [0.15, 0.2) is 11.5 Å². The molecule has 0 bridgehead atoms. The molecule has 1 aliphatic carbocycles. The number of nitrogens with one attached hydrogen (secondary N) is 1. The van der Waals surface area contributed by atoms with Crippen LogP contribution in [0.1, 0.15) is 33.8 Å². The maximum atomic E-state index is 13.5. The van der Waals surface area contributed by atoms with Gasteiger partial charge in [-0.2, -0.15) is 0 Å². The third kappa shape index (κ3) is 6.37. The molecule has 0 saturated heterocycles. The number of fused-ring (bicyclic) bond motifs is 3. The molecule has 3 N–H and O–H groups in total. The number of hydrogen-bond donors (Lipinski definition) is 3. The van der Waals surface area contributed by atoms with Gasteiger partial charge in [0.2, 0.25) is 11.8 Å². The molecular weight excluding hydrogens is 532 g/mol. The van der Waals surface area contributed by atoms with E-state index in [1.54, 1.807) is 24.2 Å². The molecule has 41 heavy (non-hydrogen) atoms. The van der Waals surface area contributed by atoms with Crippen LogP contribution in [-0.4, -0.2) is 99.1 Å². The van der Waals surface area contributed by atoms with Gasteiger partial charge in [-0.1, -0.05) is 12.1 Å². The third-order valence-electron chi connectivity index (χ3n) is 7.39. The topological polar surface area (TPSA) is 144 Å². The van der Waals surface area contributed by atoms with Gasteiger partial charge >= 0.3 is 0 Å². The van der Waals surface area contributed by atoms with Gasteiger partial charge in [-0.05, 0) is 42.3 Å². The monoisotopic (exact) mass is 568 g/mol. The van der Waals surface area contributed by atoms with E-state index in [0.29, 0.717) is 41.1 Å². The first-order chi connectivity index (χ1) is 19.9. The van der Waals surface area contributed by atoms with E-state index in [0.717, 1.165) is 5.56 Å². The third-order valence-corrected chi connectivity index (χ3v) is 7.39.